The molecular weight excluding hydrogens is 248 g/mol. The van der Waals surface area contributed by atoms with Crippen LogP contribution in [0.25, 0.3) is 0 Å². The smallest absolute Gasteiger partial charge is 0.310 e. The summed E-state index contributed by atoms with van der Waals surface area (Å²) in [5.41, 5.74) is 6.84. The van der Waals surface area contributed by atoms with Crippen LogP contribution in [-0.2, 0) is 0 Å². The summed E-state index contributed by atoms with van der Waals surface area (Å²) in [4.78, 5) is 9.44. The first kappa shape index (κ1) is 14.3. The van der Waals surface area contributed by atoms with Gasteiger partial charge in [-0.15, -0.1) is 0 Å². The molecule has 0 saturated heterocycles. The fourth-order valence-electron chi connectivity index (χ4n) is 1.28. The second-order valence-electron chi connectivity index (χ2n) is 3.79. The number of aryl methyl sites for hydroxylation is 1. The van der Waals surface area contributed by atoms with Crippen molar-refractivity contribution >= 4 is 11.4 Å². The summed E-state index contributed by atoms with van der Waals surface area (Å²) >= 11 is 0. The quantitative estimate of drug-likeness (QED) is 0.316. The Bertz CT molecular complexity index is 585. The summed E-state index contributed by atoms with van der Waals surface area (Å²) in [6.45, 7) is 1.86. The van der Waals surface area contributed by atoms with Gasteiger partial charge in [0.1, 0.15) is 5.75 Å². The Morgan fingerprint density at radius 2 is 1.79 bits per heavy atom. The molecule has 0 saturated carbocycles. The first-order valence-electron chi connectivity index (χ1n) is 5.39. The monoisotopic (exact) mass is 262 g/mol. The van der Waals surface area contributed by atoms with Crippen LogP contribution in [0.5, 0.6) is 11.5 Å². The molecule has 0 atom stereocenters. The van der Waals surface area contributed by atoms with Crippen molar-refractivity contribution in [3.63, 3.8) is 0 Å². The molecule has 100 valence electrons. The molecule has 0 aliphatic heterocycles. The molecule has 19 heavy (non-hydrogen) atoms. The minimum Gasteiger partial charge on any atom is -0.508 e. The first-order chi connectivity index (χ1) is 8.91. The largest absolute Gasteiger partial charge is 0.508 e. The number of hydrogen-bond acceptors (Lipinski definition) is 5. The van der Waals surface area contributed by atoms with Crippen molar-refractivity contribution < 1.29 is 15.1 Å². The van der Waals surface area contributed by atoms with Crippen molar-refractivity contribution in [2.24, 2.45) is 0 Å². The zero-order valence-electron chi connectivity index (χ0n) is 10.3. The van der Waals surface area contributed by atoms with E-state index >= 15 is 0 Å². The number of nitrogens with zero attached hydrogens (tertiary/aromatic N) is 1. The maximum Gasteiger partial charge on any atom is 0.310 e. The number of para-hydroxylation sites is 2. The van der Waals surface area contributed by atoms with Crippen molar-refractivity contribution in [2.45, 2.75) is 6.92 Å². The number of aromatic hydroxyl groups is 2. The van der Waals surface area contributed by atoms with Gasteiger partial charge in [-0.2, -0.15) is 0 Å². The van der Waals surface area contributed by atoms with E-state index in [4.69, 9.17) is 15.9 Å². The van der Waals surface area contributed by atoms with Crippen LogP contribution in [0.3, 0.4) is 0 Å². The van der Waals surface area contributed by atoms with Gasteiger partial charge in [0, 0.05) is 11.8 Å². The molecule has 0 heterocycles. The molecule has 0 aromatic heterocycles. The van der Waals surface area contributed by atoms with Gasteiger partial charge < -0.3 is 15.9 Å². The lowest BCUT2D eigenvalue weighted by atomic mass is 10.2. The number of nitro groups is 1. The number of benzene rings is 2. The van der Waals surface area contributed by atoms with Crippen LogP contribution < -0.4 is 5.73 Å². The molecule has 0 aliphatic carbocycles. The third kappa shape index (κ3) is 4.19. The van der Waals surface area contributed by atoms with Crippen LogP contribution in [0, 0.1) is 17.0 Å². The average Bonchev–Trinajstić information content (AvgIpc) is 2.35. The lowest BCUT2D eigenvalue weighted by molar-refractivity contribution is -0.385. The molecule has 0 bridgehead atoms. The van der Waals surface area contributed by atoms with Crippen molar-refractivity contribution in [2.75, 3.05) is 5.73 Å². The summed E-state index contributed by atoms with van der Waals surface area (Å²) < 4.78 is 0. The number of nitrogen functional groups attached to an aromatic ring is 1. The predicted molar refractivity (Wildman–Crippen MR) is 72.0 cm³/mol. The zero-order valence-corrected chi connectivity index (χ0v) is 10.3. The summed E-state index contributed by atoms with van der Waals surface area (Å²) in [5.74, 6) is -0.0331. The van der Waals surface area contributed by atoms with Crippen LogP contribution in [0.1, 0.15) is 5.56 Å². The fraction of sp³-hybridized carbons (Fsp3) is 0.0769. The molecule has 0 spiro atoms. The highest BCUT2D eigenvalue weighted by molar-refractivity contribution is 5.49. The number of nitro benzene ring substituents is 1. The summed E-state index contributed by atoms with van der Waals surface area (Å²) in [6.07, 6.45) is 0. The maximum atomic E-state index is 10.1. The minimum absolute atomic E-state index is 0.262. The van der Waals surface area contributed by atoms with Crippen LogP contribution >= 0.6 is 0 Å². The van der Waals surface area contributed by atoms with E-state index in [0.29, 0.717) is 5.69 Å². The van der Waals surface area contributed by atoms with Crippen molar-refractivity contribution in [3.8, 4) is 11.5 Å². The first-order valence-corrected chi connectivity index (χ1v) is 5.39. The van der Waals surface area contributed by atoms with E-state index in [-0.39, 0.29) is 17.2 Å². The van der Waals surface area contributed by atoms with Crippen molar-refractivity contribution in [1.29, 1.82) is 0 Å². The Morgan fingerprint density at radius 1 is 1.16 bits per heavy atom. The van der Waals surface area contributed by atoms with Crippen LogP contribution in [0.15, 0.2) is 42.5 Å². The van der Waals surface area contributed by atoms with Gasteiger partial charge in [-0.1, -0.05) is 12.1 Å². The molecule has 2 rings (SSSR count). The maximum absolute atomic E-state index is 10.1. The number of hydrogen-bond donors (Lipinski definition) is 3. The Hall–Kier alpha value is -2.76. The van der Waals surface area contributed by atoms with Crippen LogP contribution in [-0.4, -0.2) is 15.1 Å². The van der Waals surface area contributed by atoms with Gasteiger partial charge >= 0.3 is 5.69 Å². The molecule has 0 fully saturated rings. The normalized spacial score (nSPS) is 9.32. The summed E-state index contributed by atoms with van der Waals surface area (Å²) in [5, 5.41) is 27.8. The van der Waals surface area contributed by atoms with Crippen LogP contribution in [0.2, 0.25) is 0 Å². The third-order valence-corrected chi connectivity index (χ3v) is 2.33. The number of phenolic OH excluding ortho intramolecular Hbond substituents is 2. The van der Waals surface area contributed by atoms with Crippen molar-refractivity contribution in [3.05, 3.63) is 58.1 Å². The molecule has 6 heteroatoms. The number of phenols is 2. The van der Waals surface area contributed by atoms with Gasteiger partial charge in [0.25, 0.3) is 0 Å². The van der Waals surface area contributed by atoms with Gasteiger partial charge in [-0.05, 0) is 36.8 Å². The lowest BCUT2D eigenvalue weighted by Gasteiger charge is -1.97. The van der Waals surface area contributed by atoms with Gasteiger partial charge in [-0.25, -0.2) is 0 Å². The molecule has 4 N–H and O–H groups in total. The Balaban J connectivity index is 0.000000191. The molecule has 2 aromatic rings. The molecule has 0 unspecified atom stereocenters. The van der Waals surface area contributed by atoms with E-state index in [1.807, 2.05) is 6.92 Å². The minimum atomic E-state index is -0.630. The van der Waals surface area contributed by atoms with E-state index in [2.05, 4.69) is 0 Å². The molecule has 2 aromatic carbocycles. The Kier molecular flexibility index (Phi) is 4.70. The molecule has 0 amide bonds. The molecule has 0 aliphatic rings. The van der Waals surface area contributed by atoms with E-state index in [9.17, 15) is 10.1 Å². The molecule has 0 radical (unpaired) electrons. The summed E-state index contributed by atoms with van der Waals surface area (Å²) in [7, 11) is 0. The van der Waals surface area contributed by atoms with E-state index in [1.165, 1.54) is 24.3 Å². The highest BCUT2D eigenvalue weighted by atomic mass is 16.6. The second kappa shape index (κ2) is 6.25. The fourth-order valence-corrected chi connectivity index (χ4v) is 1.28. The van der Waals surface area contributed by atoms with E-state index in [1.54, 1.807) is 18.2 Å². The standard InChI is InChI=1S/C7H9NO.C6H5NO3/c1-5-4-6(9)2-3-7(5)8;8-6-4-2-1-3-5(6)7(9)10/h2-4,9H,8H2,1H3;1-4,8H. The van der Waals surface area contributed by atoms with E-state index < -0.39 is 4.92 Å². The SMILES string of the molecule is Cc1cc(O)ccc1N.O=[N+]([O-])c1ccccc1O. The van der Waals surface area contributed by atoms with Gasteiger partial charge in [0.05, 0.1) is 4.92 Å². The Morgan fingerprint density at radius 3 is 2.21 bits per heavy atom. The van der Waals surface area contributed by atoms with Gasteiger partial charge in [-0.3, -0.25) is 10.1 Å². The summed E-state index contributed by atoms with van der Waals surface area (Å²) in [6, 6.07) is 10.4. The topological polar surface area (TPSA) is 110 Å². The Labute approximate surface area is 109 Å². The van der Waals surface area contributed by atoms with Crippen molar-refractivity contribution in [1.82, 2.24) is 0 Å². The number of anilines is 1. The zero-order chi connectivity index (χ0) is 14.4. The van der Waals surface area contributed by atoms with Gasteiger partial charge in [0.15, 0.2) is 5.75 Å². The number of nitrogens with two attached hydrogens (primary N) is 1. The molecular formula is C13H14N2O4. The average molecular weight is 262 g/mol. The highest BCUT2D eigenvalue weighted by Crippen LogP contribution is 2.23. The second-order valence-corrected chi connectivity index (χ2v) is 3.79. The van der Waals surface area contributed by atoms with Crippen LogP contribution in [0.4, 0.5) is 11.4 Å². The number of rotatable bonds is 1. The predicted octanol–water partition coefficient (Wildman–Crippen LogP) is 2.58. The third-order valence-electron chi connectivity index (χ3n) is 2.33. The lowest BCUT2D eigenvalue weighted by Crippen LogP contribution is -1.86. The molecule has 6 nitrogen and oxygen atoms in total. The van der Waals surface area contributed by atoms with E-state index in [0.717, 1.165) is 5.56 Å². The van der Waals surface area contributed by atoms with Gasteiger partial charge in [0.2, 0.25) is 0 Å². The highest BCUT2D eigenvalue weighted by Gasteiger charge is 2.09.